The molecule has 8 nitrogen and oxygen atoms in total. The van der Waals surface area contributed by atoms with Crippen molar-refractivity contribution < 1.29 is 14.7 Å². The van der Waals surface area contributed by atoms with Gasteiger partial charge in [-0.25, -0.2) is 9.48 Å². The van der Waals surface area contributed by atoms with Gasteiger partial charge in [0.25, 0.3) is 5.91 Å². The van der Waals surface area contributed by atoms with E-state index < -0.39 is 17.9 Å². The lowest BCUT2D eigenvalue weighted by molar-refractivity contribution is -0.142. The number of benzene rings is 2. The van der Waals surface area contributed by atoms with Gasteiger partial charge in [-0.1, -0.05) is 36.4 Å². The van der Waals surface area contributed by atoms with Crippen LogP contribution in [0.15, 0.2) is 79.0 Å². The first-order valence-corrected chi connectivity index (χ1v) is 10.7. The average Bonchev–Trinajstić information content (AvgIpc) is 3.33. The lowest BCUT2D eigenvalue weighted by Crippen LogP contribution is -2.48. The van der Waals surface area contributed by atoms with Gasteiger partial charge >= 0.3 is 5.97 Å². The molecular formula is C26H19N5O3. The van der Waals surface area contributed by atoms with Crippen molar-refractivity contribution in [1.82, 2.24) is 19.7 Å². The third-order valence-corrected chi connectivity index (χ3v) is 5.87. The van der Waals surface area contributed by atoms with E-state index >= 15 is 0 Å². The molecule has 0 spiro atoms. The van der Waals surface area contributed by atoms with Gasteiger partial charge in [-0.3, -0.25) is 9.78 Å². The van der Waals surface area contributed by atoms with Crippen LogP contribution in [0, 0.1) is 11.3 Å². The molecule has 166 valence electrons. The van der Waals surface area contributed by atoms with Crippen molar-refractivity contribution in [2.24, 2.45) is 0 Å². The number of carboxylic acids is 1. The first-order valence-electron chi connectivity index (χ1n) is 10.7. The SMILES string of the molecule is N#Cc1cccc(-n2nc(C(=O)N3Cc4ccccc4C[C@H]3C(=O)O)cc2-c2ccccn2)c1. The second-order valence-electron chi connectivity index (χ2n) is 7.96. The Kier molecular flexibility index (Phi) is 5.36. The van der Waals surface area contributed by atoms with Gasteiger partial charge in [-0.05, 0) is 47.5 Å². The molecule has 0 saturated heterocycles. The molecule has 8 heteroatoms. The maximum absolute atomic E-state index is 13.6. The third kappa shape index (κ3) is 3.80. The summed E-state index contributed by atoms with van der Waals surface area (Å²) < 4.78 is 1.56. The monoisotopic (exact) mass is 449 g/mol. The van der Waals surface area contributed by atoms with E-state index in [0.29, 0.717) is 22.6 Å². The van der Waals surface area contributed by atoms with Crippen molar-refractivity contribution in [3.8, 4) is 23.1 Å². The summed E-state index contributed by atoms with van der Waals surface area (Å²) in [4.78, 5) is 31.4. The van der Waals surface area contributed by atoms with Crippen LogP contribution in [-0.4, -0.2) is 42.7 Å². The van der Waals surface area contributed by atoms with Gasteiger partial charge in [0.15, 0.2) is 5.69 Å². The molecule has 0 bridgehead atoms. The van der Waals surface area contributed by atoms with Gasteiger partial charge in [0, 0.05) is 19.2 Å². The Bertz CT molecular complexity index is 1440. The molecule has 2 aromatic heterocycles. The molecule has 0 unspecified atom stereocenters. The largest absolute Gasteiger partial charge is 0.480 e. The number of fused-ring (bicyclic) bond motifs is 1. The van der Waals surface area contributed by atoms with Crippen LogP contribution in [0.4, 0.5) is 0 Å². The Morgan fingerprint density at radius 1 is 1.00 bits per heavy atom. The van der Waals surface area contributed by atoms with Crippen molar-refractivity contribution >= 4 is 11.9 Å². The first-order chi connectivity index (χ1) is 16.5. The Morgan fingerprint density at radius 3 is 2.53 bits per heavy atom. The molecule has 0 aliphatic carbocycles. The minimum Gasteiger partial charge on any atom is -0.480 e. The molecule has 5 rings (SSSR count). The predicted molar refractivity (Wildman–Crippen MR) is 123 cm³/mol. The van der Waals surface area contributed by atoms with Crippen LogP contribution >= 0.6 is 0 Å². The van der Waals surface area contributed by atoms with E-state index in [-0.39, 0.29) is 18.7 Å². The Morgan fingerprint density at radius 2 is 1.79 bits per heavy atom. The maximum atomic E-state index is 13.6. The van der Waals surface area contributed by atoms with Crippen molar-refractivity contribution in [3.63, 3.8) is 0 Å². The molecule has 0 radical (unpaired) electrons. The maximum Gasteiger partial charge on any atom is 0.326 e. The van der Waals surface area contributed by atoms with Crippen LogP contribution in [0.5, 0.6) is 0 Å². The van der Waals surface area contributed by atoms with Crippen LogP contribution in [0.2, 0.25) is 0 Å². The second-order valence-corrected chi connectivity index (χ2v) is 7.96. The van der Waals surface area contributed by atoms with Gasteiger partial charge in [-0.2, -0.15) is 10.4 Å². The van der Waals surface area contributed by atoms with Gasteiger partial charge in [0.1, 0.15) is 6.04 Å². The fraction of sp³-hybridized carbons (Fsp3) is 0.115. The third-order valence-electron chi connectivity index (χ3n) is 5.87. The van der Waals surface area contributed by atoms with Gasteiger partial charge in [0.2, 0.25) is 0 Å². The van der Waals surface area contributed by atoms with Crippen molar-refractivity contribution in [2.75, 3.05) is 0 Å². The van der Waals surface area contributed by atoms with Gasteiger partial charge in [0.05, 0.1) is 28.7 Å². The Hall–Kier alpha value is -4.77. The summed E-state index contributed by atoms with van der Waals surface area (Å²) in [5.41, 5.74) is 4.14. The molecular weight excluding hydrogens is 430 g/mol. The molecule has 1 aliphatic rings. The van der Waals surface area contributed by atoms with Crippen LogP contribution in [0.1, 0.15) is 27.2 Å². The van der Waals surface area contributed by atoms with Crippen molar-refractivity contribution in [2.45, 2.75) is 19.0 Å². The molecule has 1 atom stereocenters. The van der Waals surface area contributed by atoms with Crippen LogP contribution in [-0.2, 0) is 17.8 Å². The highest BCUT2D eigenvalue weighted by Crippen LogP contribution is 2.28. The fourth-order valence-electron chi connectivity index (χ4n) is 4.19. The smallest absolute Gasteiger partial charge is 0.326 e. The number of rotatable bonds is 4. The summed E-state index contributed by atoms with van der Waals surface area (Å²) in [6, 6.07) is 22.6. The van der Waals surface area contributed by atoms with E-state index in [2.05, 4.69) is 16.2 Å². The first kappa shape index (κ1) is 21.1. The molecule has 2 aromatic carbocycles. The zero-order valence-electron chi connectivity index (χ0n) is 18.0. The number of carbonyl (C=O) groups excluding carboxylic acids is 1. The number of aliphatic carboxylic acids is 1. The number of pyridine rings is 1. The second kappa shape index (κ2) is 8.64. The zero-order valence-corrected chi connectivity index (χ0v) is 18.0. The number of hydrogen-bond acceptors (Lipinski definition) is 5. The number of aromatic nitrogens is 3. The van der Waals surface area contributed by atoms with Gasteiger partial charge in [-0.15, -0.1) is 0 Å². The van der Waals surface area contributed by atoms with E-state index in [0.717, 1.165) is 11.1 Å². The van der Waals surface area contributed by atoms with E-state index in [9.17, 15) is 20.0 Å². The van der Waals surface area contributed by atoms with Crippen LogP contribution in [0.3, 0.4) is 0 Å². The molecule has 4 aromatic rings. The van der Waals surface area contributed by atoms with Crippen LogP contribution < -0.4 is 0 Å². The van der Waals surface area contributed by atoms with E-state index in [1.807, 2.05) is 30.3 Å². The Balaban J connectivity index is 1.60. The summed E-state index contributed by atoms with van der Waals surface area (Å²) >= 11 is 0. The number of carbonyl (C=O) groups is 2. The molecule has 0 saturated carbocycles. The van der Waals surface area contributed by atoms with E-state index in [1.54, 1.807) is 53.3 Å². The summed E-state index contributed by atoms with van der Waals surface area (Å²) in [7, 11) is 0. The van der Waals surface area contributed by atoms with Gasteiger partial charge < -0.3 is 10.0 Å². The number of amides is 1. The fourth-order valence-corrected chi connectivity index (χ4v) is 4.19. The predicted octanol–water partition coefficient (Wildman–Crippen LogP) is 3.46. The highest BCUT2D eigenvalue weighted by atomic mass is 16.4. The molecule has 34 heavy (non-hydrogen) atoms. The highest BCUT2D eigenvalue weighted by molar-refractivity contribution is 5.96. The normalized spacial score (nSPS) is 14.8. The number of nitriles is 1. The number of carboxylic acid groups (broad SMARTS) is 1. The number of hydrogen-bond donors (Lipinski definition) is 1. The molecule has 1 aliphatic heterocycles. The zero-order chi connectivity index (χ0) is 23.7. The quantitative estimate of drug-likeness (QED) is 0.511. The number of nitrogens with zero attached hydrogens (tertiary/aromatic N) is 5. The minimum absolute atomic E-state index is 0.105. The topological polar surface area (TPSA) is 112 Å². The van der Waals surface area contributed by atoms with E-state index in [1.165, 1.54) is 4.90 Å². The average molecular weight is 449 g/mol. The lowest BCUT2D eigenvalue weighted by Gasteiger charge is -2.34. The summed E-state index contributed by atoms with van der Waals surface area (Å²) in [5, 5.41) is 23.7. The standard InChI is InChI=1S/C26H19N5O3/c27-15-17-6-5-9-20(12-17)31-23(21-10-3-4-11-28-21)14-22(29-31)25(32)30-16-19-8-2-1-7-18(19)13-24(30)26(33)34/h1-12,14,24H,13,16H2,(H,33,34)/t24-/m0/s1. The minimum atomic E-state index is -1.06. The van der Waals surface area contributed by atoms with E-state index in [4.69, 9.17) is 0 Å². The summed E-state index contributed by atoms with van der Waals surface area (Å²) in [6.45, 7) is 0.182. The molecule has 0 fully saturated rings. The molecule has 3 heterocycles. The molecule has 1 amide bonds. The van der Waals surface area contributed by atoms with Crippen molar-refractivity contribution in [1.29, 1.82) is 5.26 Å². The van der Waals surface area contributed by atoms with Crippen molar-refractivity contribution in [3.05, 3.63) is 101 Å². The lowest BCUT2D eigenvalue weighted by atomic mass is 9.93. The van der Waals surface area contributed by atoms with Crippen LogP contribution in [0.25, 0.3) is 17.1 Å². The highest BCUT2D eigenvalue weighted by Gasteiger charge is 2.36. The molecule has 1 N–H and O–H groups in total. The summed E-state index contributed by atoms with van der Waals surface area (Å²) in [5.74, 6) is -1.54. The summed E-state index contributed by atoms with van der Waals surface area (Å²) in [6.07, 6.45) is 1.87. The Labute approximate surface area is 195 Å².